The maximum atomic E-state index is 13.8. The van der Waals surface area contributed by atoms with Gasteiger partial charge in [0.15, 0.2) is 5.79 Å². The van der Waals surface area contributed by atoms with Gasteiger partial charge in [-0.15, -0.1) is 0 Å². The number of nitrogens with zero attached hydrogens (tertiary/aromatic N) is 1. The molecule has 5 nitrogen and oxygen atoms in total. The van der Waals surface area contributed by atoms with Gasteiger partial charge in [-0.1, -0.05) is 24.3 Å². The van der Waals surface area contributed by atoms with Crippen molar-refractivity contribution in [3.63, 3.8) is 0 Å². The zero-order valence-electron chi connectivity index (χ0n) is 22.1. The minimum Gasteiger partial charge on any atom is -0.469 e. The normalized spacial score (nSPS) is 19.2. The number of esters is 1. The Morgan fingerprint density at radius 3 is 2.14 bits per heavy atom. The van der Waals surface area contributed by atoms with Crippen LogP contribution in [0.1, 0.15) is 58.7 Å². The molecule has 4 rings (SSSR count). The van der Waals surface area contributed by atoms with Gasteiger partial charge in [-0.3, -0.25) is 4.79 Å². The summed E-state index contributed by atoms with van der Waals surface area (Å²) in [5.74, 6) is -1.72. The number of ether oxygens (including phenoxy) is 3. The third-order valence-corrected chi connectivity index (χ3v) is 6.73. The van der Waals surface area contributed by atoms with E-state index in [0.717, 1.165) is 27.9 Å². The Bertz CT molecular complexity index is 1220. The molecule has 1 aromatic heterocycles. The van der Waals surface area contributed by atoms with Crippen LogP contribution in [0.15, 0.2) is 54.7 Å². The molecule has 1 fully saturated rings. The molecule has 2 unspecified atom stereocenters. The number of rotatable bonds is 8. The van der Waals surface area contributed by atoms with Crippen molar-refractivity contribution in [1.82, 2.24) is 4.57 Å². The molecule has 0 bridgehead atoms. The number of halogens is 2. The van der Waals surface area contributed by atoms with E-state index in [4.69, 9.17) is 14.2 Å². The number of methoxy groups -OCH3 is 1. The van der Waals surface area contributed by atoms with E-state index in [1.54, 1.807) is 24.3 Å². The Morgan fingerprint density at radius 1 is 1.00 bits per heavy atom. The van der Waals surface area contributed by atoms with Gasteiger partial charge in [0.05, 0.1) is 25.7 Å². The quantitative estimate of drug-likeness (QED) is 0.303. The van der Waals surface area contributed by atoms with Gasteiger partial charge in [0.1, 0.15) is 11.6 Å². The second-order valence-electron chi connectivity index (χ2n) is 10.3. The number of carbonyl (C=O) groups excluding carboxylic acids is 1. The van der Waals surface area contributed by atoms with E-state index < -0.39 is 5.79 Å². The second-order valence-corrected chi connectivity index (χ2v) is 10.3. The van der Waals surface area contributed by atoms with Crippen LogP contribution in [0.3, 0.4) is 0 Å². The first-order chi connectivity index (χ1) is 17.6. The van der Waals surface area contributed by atoms with E-state index in [9.17, 15) is 13.6 Å². The molecule has 37 heavy (non-hydrogen) atoms. The lowest BCUT2D eigenvalue weighted by Gasteiger charge is -2.40. The molecule has 198 valence electrons. The summed E-state index contributed by atoms with van der Waals surface area (Å²) in [5.41, 5.74) is 4.85. The fourth-order valence-corrected chi connectivity index (χ4v) is 5.16. The van der Waals surface area contributed by atoms with E-state index in [0.29, 0.717) is 19.3 Å². The molecular weight excluding hydrogens is 476 g/mol. The maximum absolute atomic E-state index is 13.8. The molecule has 2 aromatic carbocycles. The van der Waals surface area contributed by atoms with Crippen molar-refractivity contribution in [2.75, 3.05) is 7.11 Å². The zero-order valence-corrected chi connectivity index (χ0v) is 22.1. The zero-order chi connectivity index (χ0) is 26.7. The van der Waals surface area contributed by atoms with E-state index in [1.165, 1.54) is 31.4 Å². The van der Waals surface area contributed by atoms with Crippen molar-refractivity contribution in [2.24, 2.45) is 0 Å². The topological polar surface area (TPSA) is 49.7 Å². The largest absolute Gasteiger partial charge is 0.469 e. The summed E-state index contributed by atoms with van der Waals surface area (Å²) in [7, 11) is 1.38. The lowest BCUT2D eigenvalue weighted by molar-refractivity contribution is -0.300. The molecule has 0 aliphatic carbocycles. The lowest BCUT2D eigenvalue weighted by Crippen LogP contribution is -2.45. The Labute approximate surface area is 217 Å². The highest BCUT2D eigenvalue weighted by molar-refractivity contribution is 5.85. The fraction of sp³-hybridized carbons (Fsp3) is 0.433. The maximum Gasteiger partial charge on any atom is 0.308 e. The molecule has 0 N–H and O–H groups in total. The van der Waals surface area contributed by atoms with Gasteiger partial charge in [0.2, 0.25) is 0 Å². The van der Waals surface area contributed by atoms with Gasteiger partial charge in [-0.25, -0.2) is 8.78 Å². The third kappa shape index (κ3) is 6.46. The summed E-state index contributed by atoms with van der Waals surface area (Å²) in [4.78, 5) is 11.9. The highest BCUT2D eigenvalue weighted by Crippen LogP contribution is 2.40. The van der Waals surface area contributed by atoms with Crippen molar-refractivity contribution in [1.29, 1.82) is 0 Å². The van der Waals surface area contributed by atoms with Crippen LogP contribution in [-0.4, -0.2) is 35.6 Å². The van der Waals surface area contributed by atoms with E-state index >= 15 is 0 Å². The molecule has 7 heteroatoms. The number of hydrogen-bond donors (Lipinski definition) is 0. The van der Waals surface area contributed by atoms with Gasteiger partial charge >= 0.3 is 5.97 Å². The minimum atomic E-state index is -0.819. The first-order valence-corrected chi connectivity index (χ1v) is 12.7. The van der Waals surface area contributed by atoms with E-state index in [1.807, 2.05) is 13.8 Å². The van der Waals surface area contributed by atoms with Crippen molar-refractivity contribution < 1.29 is 27.8 Å². The van der Waals surface area contributed by atoms with Gasteiger partial charge in [0.25, 0.3) is 0 Å². The Kier molecular flexibility index (Phi) is 8.14. The first kappa shape index (κ1) is 27.0. The first-order valence-electron chi connectivity index (χ1n) is 12.7. The monoisotopic (exact) mass is 511 g/mol. The van der Waals surface area contributed by atoms with Gasteiger partial charge < -0.3 is 18.8 Å². The van der Waals surface area contributed by atoms with Gasteiger partial charge in [0, 0.05) is 35.5 Å². The van der Waals surface area contributed by atoms with Crippen LogP contribution in [0.2, 0.25) is 0 Å². The molecule has 2 atom stereocenters. The Balaban J connectivity index is 1.70. The van der Waals surface area contributed by atoms with Crippen LogP contribution >= 0.6 is 0 Å². The van der Waals surface area contributed by atoms with Crippen LogP contribution in [0.4, 0.5) is 8.78 Å². The van der Waals surface area contributed by atoms with Crippen molar-refractivity contribution in [2.45, 2.75) is 77.4 Å². The van der Waals surface area contributed by atoms with Gasteiger partial charge in [-0.05, 0) is 75.9 Å². The highest BCUT2D eigenvalue weighted by Gasteiger charge is 2.36. The van der Waals surface area contributed by atoms with Gasteiger partial charge in [-0.2, -0.15) is 0 Å². The van der Waals surface area contributed by atoms with Crippen molar-refractivity contribution in [3.05, 3.63) is 72.1 Å². The average Bonchev–Trinajstić information content (AvgIpc) is 3.22. The Hall–Kier alpha value is -3.03. The number of carbonyl (C=O) groups is 1. The standard InChI is InChI=1S/C30H35F2NO4/c1-19(2)33-18-26(20-6-10-22(31)11-7-20)29(21-8-12-23(32)13-9-21)27(33)15-14-24-16-25(17-28(34)35-5)37-30(3,4)36-24/h6-13,18-19,24-25H,14-17H2,1-5H3. The molecule has 1 aliphatic heterocycles. The van der Waals surface area contributed by atoms with Crippen LogP contribution in [0.25, 0.3) is 22.3 Å². The van der Waals surface area contributed by atoms with Crippen molar-refractivity contribution in [3.8, 4) is 22.3 Å². The van der Waals surface area contributed by atoms with Crippen LogP contribution in [0.5, 0.6) is 0 Å². The third-order valence-electron chi connectivity index (χ3n) is 6.73. The predicted octanol–water partition coefficient (Wildman–Crippen LogP) is 7.09. The van der Waals surface area contributed by atoms with Crippen LogP contribution in [0, 0.1) is 11.6 Å². The lowest BCUT2D eigenvalue weighted by atomic mass is 9.93. The minimum absolute atomic E-state index is 0.121. The molecule has 0 amide bonds. The smallest absolute Gasteiger partial charge is 0.308 e. The SMILES string of the molecule is COC(=O)CC1CC(CCc2c(-c3ccc(F)cc3)c(-c3ccc(F)cc3)cn2C(C)C)OC(C)(C)O1. The Morgan fingerprint density at radius 2 is 1.57 bits per heavy atom. The molecule has 0 saturated carbocycles. The summed E-state index contributed by atoms with van der Waals surface area (Å²) < 4.78 is 46.8. The van der Waals surface area contributed by atoms with Crippen molar-refractivity contribution >= 4 is 5.97 Å². The van der Waals surface area contributed by atoms with Crippen LogP contribution in [-0.2, 0) is 25.4 Å². The highest BCUT2D eigenvalue weighted by atomic mass is 19.1. The molecule has 2 heterocycles. The van der Waals surface area contributed by atoms with E-state index in [-0.39, 0.29) is 42.3 Å². The molecular formula is C30H35F2NO4. The predicted molar refractivity (Wildman–Crippen MR) is 139 cm³/mol. The number of benzene rings is 2. The number of hydrogen-bond acceptors (Lipinski definition) is 4. The number of aromatic nitrogens is 1. The van der Waals surface area contributed by atoms with Crippen LogP contribution < -0.4 is 0 Å². The summed E-state index contributed by atoms with van der Waals surface area (Å²) in [6.07, 6.45) is 3.85. The average molecular weight is 512 g/mol. The fourth-order valence-electron chi connectivity index (χ4n) is 5.16. The second kappa shape index (κ2) is 11.2. The molecule has 0 radical (unpaired) electrons. The molecule has 1 aliphatic rings. The van der Waals surface area contributed by atoms with E-state index in [2.05, 4.69) is 24.6 Å². The summed E-state index contributed by atoms with van der Waals surface area (Å²) in [6, 6.07) is 13.1. The summed E-state index contributed by atoms with van der Waals surface area (Å²) in [6.45, 7) is 7.95. The molecule has 3 aromatic rings. The molecule has 0 spiro atoms. The summed E-state index contributed by atoms with van der Waals surface area (Å²) in [5, 5.41) is 0. The molecule has 1 saturated heterocycles. The summed E-state index contributed by atoms with van der Waals surface area (Å²) >= 11 is 0.